The van der Waals surface area contributed by atoms with E-state index in [-0.39, 0.29) is 11.9 Å². The highest BCUT2D eigenvalue weighted by Gasteiger charge is 2.18. The van der Waals surface area contributed by atoms with Gasteiger partial charge in [-0.15, -0.1) is 0 Å². The minimum absolute atomic E-state index is 0.196. The van der Waals surface area contributed by atoms with Crippen molar-refractivity contribution in [3.8, 4) is 6.07 Å². The Labute approximate surface area is 158 Å². The highest BCUT2D eigenvalue weighted by atomic mass is 79.9. The van der Waals surface area contributed by atoms with E-state index in [1.54, 1.807) is 18.3 Å². The number of amides is 1. The second-order valence-corrected chi connectivity index (χ2v) is 6.98. The average Bonchev–Trinajstić information content (AvgIpc) is 2.91. The van der Waals surface area contributed by atoms with Gasteiger partial charge in [0, 0.05) is 39.2 Å². The third-order valence-corrected chi connectivity index (χ3v) is 4.97. The van der Waals surface area contributed by atoms with E-state index in [0.29, 0.717) is 16.4 Å². The van der Waals surface area contributed by atoms with Crippen molar-refractivity contribution in [2.24, 2.45) is 7.05 Å². The number of hydrogen-bond donors (Lipinski definition) is 1. The molecule has 0 aliphatic heterocycles. The number of halogens is 2. The molecule has 0 radical (unpaired) electrons. The summed E-state index contributed by atoms with van der Waals surface area (Å²) in [6.07, 6.45) is 1.59. The van der Waals surface area contributed by atoms with Gasteiger partial charge in [-0.2, -0.15) is 5.26 Å². The molecule has 2 heterocycles. The third-order valence-electron chi connectivity index (χ3n) is 4.05. The summed E-state index contributed by atoms with van der Waals surface area (Å²) in [5.74, 6) is -0.196. The van der Waals surface area contributed by atoms with Crippen LogP contribution in [0.25, 0.3) is 10.9 Å². The molecule has 0 aliphatic carbocycles. The normalized spacial score (nSPS) is 12.0. The van der Waals surface area contributed by atoms with Crippen LogP contribution in [-0.4, -0.2) is 15.5 Å². The minimum Gasteiger partial charge on any atom is -0.344 e. The number of fused-ring (bicyclic) bond motifs is 1. The summed E-state index contributed by atoms with van der Waals surface area (Å²) < 4.78 is 2.55. The van der Waals surface area contributed by atoms with Crippen LogP contribution in [-0.2, 0) is 7.05 Å². The van der Waals surface area contributed by atoms with E-state index in [4.69, 9.17) is 16.9 Å². The fraction of sp³-hybridized carbons (Fsp3) is 0.167. The van der Waals surface area contributed by atoms with E-state index in [1.165, 1.54) is 0 Å². The zero-order valence-electron chi connectivity index (χ0n) is 13.5. The number of rotatable bonds is 3. The van der Waals surface area contributed by atoms with E-state index in [0.717, 1.165) is 20.9 Å². The Balaban J connectivity index is 1.87. The zero-order valence-corrected chi connectivity index (χ0v) is 15.9. The standard InChI is InChI=1S/C18H14BrClN4O/c1-10(14-9-22-13(8-21)7-15(14)19)23-18(25)17-5-11-3-4-12(20)6-16(11)24(17)2/h3-7,9-10H,1-2H3,(H,23,25). The predicted octanol–water partition coefficient (Wildman–Crippen LogP) is 4.35. The molecule has 1 unspecified atom stereocenters. The maximum absolute atomic E-state index is 12.7. The molecule has 5 nitrogen and oxygen atoms in total. The summed E-state index contributed by atoms with van der Waals surface area (Å²) in [4.78, 5) is 16.7. The van der Waals surface area contributed by atoms with Gasteiger partial charge in [0.15, 0.2) is 0 Å². The molecule has 0 spiro atoms. The molecule has 1 atom stereocenters. The largest absolute Gasteiger partial charge is 0.344 e. The molecule has 126 valence electrons. The van der Waals surface area contributed by atoms with Gasteiger partial charge in [0.05, 0.1) is 6.04 Å². The first kappa shape index (κ1) is 17.5. The molecule has 25 heavy (non-hydrogen) atoms. The van der Waals surface area contributed by atoms with Crippen LogP contribution < -0.4 is 5.32 Å². The first-order chi connectivity index (χ1) is 11.9. The maximum atomic E-state index is 12.7. The third kappa shape index (κ3) is 3.39. The van der Waals surface area contributed by atoms with Gasteiger partial charge in [0.1, 0.15) is 17.5 Å². The lowest BCUT2D eigenvalue weighted by atomic mass is 10.1. The summed E-state index contributed by atoms with van der Waals surface area (Å²) >= 11 is 9.46. The molecule has 0 saturated heterocycles. The van der Waals surface area contributed by atoms with E-state index in [9.17, 15) is 4.79 Å². The Kier molecular flexibility index (Phi) is 4.80. The average molecular weight is 418 g/mol. The highest BCUT2D eigenvalue weighted by Crippen LogP contribution is 2.25. The van der Waals surface area contributed by atoms with Crippen molar-refractivity contribution < 1.29 is 4.79 Å². The number of carbonyl (C=O) groups is 1. The van der Waals surface area contributed by atoms with Gasteiger partial charge in [0.25, 0.3) is 5.91 Å². The summed E-state index contributed by atoms with van der Waals surface area (Å²) in [5.41, 5.74) is 2.56. The van der Waals surface area contributed by atoms with E-state index >= 15 is 0 Å². The van der Waals surface area contributed by atoms with Crippen LogP contribution in [0, 0.1) is 11.3 Å². The number of nitrogens with one attached hydrogen (secondary N) is 1. The lowest BCUT2D eigenvalue weighted by Crippen LogP contribution is -2.28. The van der Waals surface area contributed by atoms with Gasteiger partial charge in [-0.05, 0) is 31.2 Å². The molecule has 1 amide bonds. The van der Waals surface area contributed by atoms with Crippen LogP contribution in [0.1, 0.15) is 34.7 Å². The van der Waals surface area contributed by atoms with Crippen molar-refractivity contribution in [1.82, 2.24) is 14.9 Å². The number of pyridine rings is 1. The minimum atomic E-state index is -0.274. The Morgan fingerprint density at radius 3 is 2.84 bits per heavy atom. The lowest BCUT2D eigenvalue weighted by molar-refractivity contribution is 0.0932. The molecule has 3 rings (SSSR count). The predicted molar refractivity (Wildman–Crippen MR) is 100 cm³/mol. The van der Waals surface area contributed by atoms with Crippen LogP contribution in [0.15, 0.2) is 41.0 Å². The highest BCUT2D eigenvalue weighted by molar-refractivity contribution is 9.10. The molecule has 0 fully saturated rings. The number of aryl methyl sites for hydroxylation is 1. The summed E-state index contributed by atoms with van der Waals surface area (Å²) in [6.45, 7) is 1.87. The number of benzene rings is 1. The summed E-state index contributed by atoms with van der Waals surface area (Å²) in [6, 6.07) is 10.7. The quantitative estimate of drug-likeness (QED) is 0.688. The SMILES string of the molecule is CC(NC(=O)c1cc2ccc(Cl)cc2n1C)c1cnc(C#N)cc1Br. The maximum Gasteiger partial charge on any atom is 0.268 e. The molecule has 0 bridgehead atoms. The van der Waals surface area contributed by atoms with Gasteiger partial charge in [0.2, 0.25) is 0 Å². The van der Waals surface area contributed by atoms with Crippen molar-refractivity contribution in [3.05, 3.63) is 63.0 Å². The van der Waals surface area contributed by atoms with Gasteiger partial charge >= 0.3 is 0 Å². The lowest BCUT2D eigenvalue weighted by Gasteiger charge is -2.16. The first-order valence-electron chi connectivity index (χ1n) is 7.52. The van der Waals surface area contributed by atoms with Crippen molar-refractivity contribution >= 4 is 44.3 Å². The molecule has 1 N–H and O–H groups in total. The van der Waals surface area contributed by atoms with Crippen LogP contribution in [0.2, 0.25) is 5.02 Å². The van der Waals surface area contributed by atoms with Gasteiger partial charge < -0.3 is 9.88 Å². The number of hydrogen-bond acceptors (Lipinski definition) is 3. The van der Waals surface area contributed by atoms with E-state index in [2.05, 4.69) is 26.2 Å². The van der Waals surface area contributed by atoms with E-state index in [1.807, 2.05) is 42.8 Å². The molecule has 1 aromatic carbocycles. The fourth-order valence-corrected chi connectivity index (χ4v) is 3.52. The smallest absolute Gasteiger partial charge is 0.268 e. The van der Waals surface area contributed by atoms with Crippen LogP contribution >= 0.6 is 27.5 Å². The molecular formula is C18H14BrClN4O. The fourth-order valence-electron chi connectivity index (χ4n) is 2.69. The summed E-state index contributed by atoms with van der Waals surface area (Å²) in [5, 5.41) is 13.4. The van der Waals surface area contributed by atoms with Gasteiger partial charge in [-0.25, -0.2) is 4.98 Å². The molecule has 0 saturated carbocycles. The second-order valence-electron chi connectivity index (χ2n) is 5.69. The number of nitrogens with zero attached hydrogens (tertiary/aromatic N) is 3. The molecule has 3 aromatic rings. The van der Waals surface area contributed by atoms with Crippen LogP contribution in [0.3, 0.4) is 0 Å². The first-order valence-corrected chi connectivity index (χ1v) is 8.69. The van der Waals surface area contributed by atoms with Crippen molar-refractivity contribution in [2.45, 2.75) is 13.0 Å². The van der Waals surface area contributed by atoms with Crippen molar-refractivity contribution in [2.75, 3.05) is 0 Å². The van der Waals surface area contributed by atoms with Gasteiger partial charge in [-0.3, -0.25) is 4.79 Å². The molecule has 0 aliphatic rings. The number of nitriles is 1. The molecule has 7 heteroatoms. The molecular weight excluding hydrogens is 404 g/mol. The monoisotopic (exact) mass is 416 g/mol. The van der Waals surface area contributed by atoms with Crippen LogP contribution in [0.5, 0.6) is 0 Å². The Hall–Kier alpha value is -2.36. The van der Waals surface area contributed by atoms with Gasteiger partial charge in [-0.1, -0.05) is 33.6 Å². The topological polar surface area (TPSA) is 70.7 Å². The Morgan fingerprint density at radius 1 is 1.40 bits per heavy atom. The van der Waals surface area contributed by atoms with Crippen LogP contribution in [0.4, 0.5) is 0 Å². The van der Waals surface area contributed by atoms with Crippen molar-refractivity contribution in [3.63, 3.8) is 0 Å². The number of carbonyl (C=O) groups excluding carboxylic acids is 1. The Bertz CT molecular complexity index is 1020. The summed E-state index contributed by atoms with van der Waals surface area (Å²) in [7, 11) is 1.83. The Morgan fingerprint density at radius 2 is 2.16 bits per heavy atom. The second kappa shape index (κ2) is 6.87. The number of aromatic nitrogens is 2. The van der Waals surface area contributed by atoms with Crippen molar-refractivity contribution in [1.29, 1.82) is 5.26 Å². The zero-order chi connectivity index (χ0) is 18.1. The molecule has 2 aromatic heterocycles. The van der Waals surface area contributed by atoms with E-state index < -0.39 is 0 Å².